The molecule has 3 rings (SSSR count). The van der Waals surface area contributed by atoms with Gasteiger partial charge < -0.3 is 15.5 Å². The lowest BCUT2D eigenvalue weighted by Gasteiger charge is -2.24. The summed E-state index contributed by atoms with van der Waals surface area (Å²) in [4.78, 5) is 11.1. The lowest BCUT2D eigenvalue weighted by atomic mass is 9.98. The van der Waals surface area contributed by atoms with Crippen molar-refractivity contribution in [2.45, 2.75) is 44.4 Å². The zero-order chi connectivity index (χ0) is 18.2. The number of benzene rings is 1. The number of hydrogen-bond donors (Lipinski definition) is 3. The number of nitrogens with zero attached hydrogens (tertiary/aromatic N) is 1. The summed E-state index contributed by atoms with van der Waals surface area (Å²) < 4.78 is 44.8. The molecule has 2 aromatic rings. The Hall–Kier alpha value is -2.29. The second kappa shape index (κ2) is 6.55. The largest absolute Gasteiger partial charge is 0.434 e. The highest BCUT2D eigenvalue weighted by atomic mass is 19.4. The van der Waals surface area contributed by atoms with Crippen LogP contribution in [0.15, 0.2) is 27.4 Å². The molecule has 0 saturated heterocycles. The smallest absolute Gasteiger partial charge is 0.388 e. The first-order valence-electron chi connectivity index (χ1n) is 8.03. The van der Waals surface area contributed by atoms with Crippen LogP contribution in [0.3, 0.4) is 0 Å². The number of aromatic nitrogens is 2. The molecule has 4 N–H and O–H groups in total. The molecule has 1 aliphatic rings. The normalized spacial score (nSPS) is 22.1. The average Bonchev–Trinajstić information content (AvgIpc) is 3.14. The highest BCUT2D eigenvalue weighted by Crippen LogP contribution is 2.38. The maximum Gasteiger partial charge on any atom is 0.434 e. The number of halogens is 3. The van der Waals surface area contributed by atoms with Crippen LogP contribution >= 0.6 is 0 Å². The lowest BCUT2D eigenvalue weighted by molar-refractivity contribution is -0.137. The third-order valence-electron chi connectivity index (χ3n) is 4.61. The zero-order valence-electron chi connectivity index (χ0n) is 13.6. The van der Waals surface area contributed by atoms with Crippen LogP contribution in [-0.4, -0.2) is 22.3 Å². The van der Waals surface area contributed by atoms with Crippen LogP contribution in [0, 0.1) is 5.92 Å². The maximum absolute atomic E-state index is 13.3. The van der Waals surface area contributed by atoms with Crippen molar-refractivity contribution >= 4 is 5.69 Å². The molecule has 1 fully saturated rings. The van der Waals surface area contributed by atoms with Gasteiger partial charge in [0.1, 0.15) is 0 Å². The van der Waals surface area contributed by atoms with Crippen LogP contribution in [0.5, 0.6) is 0 Å². The van der Waals surface area contributed by atoms with Crippen molar-refractivity contribution in [2.24, 2.45) is 11.7 Å². The molecule has 0 unspecified atom stereocenters. The van der Waals surface area contributed by atoms with Gasteiger partial charge in [0, 0.05) is 23.3 Å². The van der Waals surface area contributed by atoms with E-state index in [0.717, 1.165) is 25.3 Å². The molecule has 1 aromatic heterocycles. The molecule has 0 bridgehead atoms. The highest BCUT2D eigenvalue weighted by molar-refractivity contribution is 5.65. The molecule has 0 spiro atoms. The van der Waals surface area contributed by atoms with Gasteiger partial charge in [0.2, 0.25) is 5.89 Å². The van der Waals surface area contributed by atoms with Gasteiger partial charge in [-0.05, 0) is 50.3 Å². The number of aromatic amines is 1. The number of alkyl halides is 3. The first kappa shape index (κ1) is 17.5. The van der Waals surface area contributed by atoms with Crippen molar-refractivity contribution in [1.29, 1.82) is 0 Å². The van der Waals surface area contributed by atoms with Crippen molar-refractivity contribution in [3.8, 4) is 11.5 Å². The van der Waals surface area contributed by atoms with Gasteiger partial charge in [0.05, 0.1) is 5.56 Å². The Balaban J connectivity index is 1.92. The second-order valence-corrected chi connectivity index (χ2v) is 6.44. The molecule has 1 aliphatic carbocycles. The Labute approximate surface area is 141 Å². The van der Waals surface area contributed by atoms with Crippen LogP contribution in [0.4, 0.5) is 18.9 Å². The molecular formula is C16H19F3N4O2. The molecular weight excluding hydrogens is 337 g/mol. The number of nitrogens with two attached hydrogens (primary N) is 1. The third kappa shape index (κ3) is 3.87. The summed E-state index contributed by atoms with van der Waals surface area (Å²) in [6.45, 7) is 1.85. The fraction of sp³-hybridized carbons (Fsp3) is 0.500. The zero-order valence-corrected chi connectivity index (χ0v) is 13.6. The predicted octanol–water partition coefficient (Wildman–Crippen LogP) is 2.98. The number of rotatable bonds is 4. The van der Waals surface area contributed by atoms with Crippen molar-refractivity contribution in [2.75, 3.05) is 5.32 Å². The quantitative estimate of drug-likeness (QED) is 0.782. The molecule has 6 nitrogen and oxygen atoms in total. The van der Waals surface area contributed by atoms with Gasteiger partial charge in [-0.25, -0.2) is 9.89 Å². The average molecular weight is 356 g/mol. The van der Waals surface area contributed by atoms with E-state index in [2.05, 4.69) is 15.5 Å². The number of nitrogens with one attached hydrogen (secondary N) is 2. The number of anilines is 1. The first-order chi connectivity index (χ1) is 11.7. The first-order valence-corrected chi connectivity index (χ1v) is 8.03. The van der Waals surface area contributed by atoms with Gasteiger partial charge in [0.15, 0.2) is 0 Å². The van der Waals surface area contributed by atoms with E-state index in [-0.39, 0.29) is 35.1 Å². The summed E-state index contributed by atoms with van der Waals surface area (Å²) in [6, 6.07) is 3.41. The minimum atomic E-state index is -4.50. The monoisotopic (exact) mass is 356 g/mol. The highest BCUT2D eigenvalue weighted by Gasteiger charge is 2.35. The molecule has 136 valence electrons. The summed E-state index contributed by atoms with van der Waals surface area (Å²) in [5.74, 6) is -0.613. The molecule has 0 radical (unpaired) electrons. The molecule has 1 saturated carbocycles. The standard InChI is InChI=1S/C16H19F3N4O2/c1-8(9-2-4-11(20)6-9)21-13-7-10(14-22-23-15(24)25-14)3-5-12(13)16(17,18)19/h3,5,7-9,11,21H,2,4,6,20H2,1H3,(H,23,24)/t8-,9-,11+/m0/s1. The van der Waals surface area contributed by atoms with E-state index in [9.17, 15) is 18.0 Å². The van der Waals surface area contributed by atoms with E-state index in [1.807, 2.05) is 6.92 Å². The van der Waals surface area contributed by atoms with Crippen LogP contribution in [-0.2, 0) is 6.18 Å². The van der Waals surface area contributed by atoms with E-state index in [0.29, 0.717) is 0 Å². The van der Waals surface area contributed by atoms with Gasteiger partial charge in [-0.15, -0.1) is 5.10 Å². The van der Waals surface area contributed by atoms with Crippen molar-refractivity contribution in [3.63, 3.8) is 0 Å². The molecule has 1 aromatic carbocycles. The Bertz CT molecular complexity index is 799. The maximum atomic E-state index is 13.3. The third-order valence-corrected chi connectivity index (χ3v) is 4.61. The second-order valence-electron chi connectivity index (χ2n) is 6.44. The molecule has 0 amide bonds. The van der Waals surface area contributed by atoms with Gasteiger partial charge in [-0.2, -0.15) is 13.2 Å². The van der Waals surface area contributed by atoms with E-state index < -0.39 is 17.5 Å². The van der Waals surface area contributed by atoms with Gasteiger partial charge in [0.25, 0.3) is 0 Å². The fourth-order valence-electron chi connectivity index (χ4n) is 3.27. The lowest BCUT2D eigenvalue weighted by Crippen LogP contribution is -2.27. The minimum Gasteiger partial charge on any atom is -0.388 e. The van der Waals surface area contributed by atoms with Gasteiger partial charge in [-0.3, -0.25) is 0 Å². The summed E-state index contributed by atoms with van der Waals surface area (Å²) >= 11 is 0. The van der Waals surface area contributed by atoms with Crippen molar-refractivity contribution in [3.05, 3.63) is 34.3 Å². The van der Waals surface area contributed by atoms with Crippen LogP contribution in [0.1, 0.15) is 31.7 Å². The topological polar surface area (TPSA) is 96.9 Å². The summed E-state index contributed by atoms with van der Waals surface area (Å²) in [6.07, 6.45) is -1.96. The van der Waals surface area contributed by atoms with Crippen molar-refractivity contribution in [1.82, 2.24) is 10.2 Å². The minimum absolute atomic E-state index is 0.0580. The molecule has 9 heteroatoms. The van der Waals surface area contributed by atoms with Crippen LogP contribution in [0.2, 0.25) is 0 Å². The fourth-order valence-corrected chi connectivity index (χ4v) is 3.27. The Kier molecular flexibility index (Phi) is 4.59. The van der Waals surface area contributed by atoms with E-state index in [4.69, 9.17) is 10.2 Å². The number of hydrogen-bond acceptors (Lipinski definition) is 5. The van der Waals surface area contributed by atoms with E-state index in [1.54, 1.807) is 0 Å². The van der Waals surface area contributed by atoms with Gasteiger partial charge in [-0.1, -0.05) is 0 Å². The summed E-state index contributed by atoms with van der Waals surface area (Å²) in [5.41, 5.74) is 5.34. The Morgan fingerprint density at radius 3 is 2.72 bits per heavy atom. The Morgan fingerprint density at radius 1 is 1.40 bits per heavy atom. The van der Waals surface area contributed by atoms with E-state index in [1.165, 1.54) is 12.1 Å². The molecule has 0 aliphatic heterocycles. The van der Waals surface area contributed by atoms with Crippen LogP contribution < -0.4 is 16.8 Å². The van der Waals surface area contributed by atoms with Gasteiger partial charge >= 0.3 is 11.9 Å². The molecule has 25 heavy (non-hydrogen) atoms. The SMILES string of the molecule is C[C@H](Nc1cc(-c2n[nH]c(=O)o2)ccc1C(F)(F)F)[C@H]1CC[C@@H](N)C1. The summed E-state index contributed by atoms with van der Waals surface area (Å²) in [7, 11) is 0. The van der Waals surface area contributed by atoms with Crippen molar-refractivity contribution < 1.29 is 17.6 Å². The number of H-pyrrole nitrogens is 1. The van der Waals surface area contributed by atoms with Crippen LogP contribution in [0.25, 0.3) is 11.5 Å². The molecule has 1 heterocycles. The summed E-state index contributed by atoms with van der Waals surface area (Å²) in [5, 5.41) is 8.71. The Morgan fingerprint density at radius 2 is 2.16 bits per heavy atom. The molecule has 3 atom stereocenters. The van der Waals surface area contributed by atoms with E-state index >= 15 is 0 Å². The predicted molar refractivity (Wildman–Crippen MR) is 86.0 cm³/mol.